The van der Waals surface area contributed by atoms with Crippen LogP contribution < -0.4 is 0 Å². The molecule has 0 bridgehead atoms. The molecule has 0 heterocycles. The maximum atomic E-state index is 10.3. The summed E-state index contributed by atoms with van der Waals surface area (Å²) < 4.78 is 28.9. The van der Waals surface area contributed by atoms with Gasteiger partial charge in [0, 0.05) is 5.92 Å². The molecule has 0 aliphatic carbocycles. The van der Waals surface area contributed by atoms with Crippen LogP contribution in [0.5, 0.6) is 0 Å². The molecule has 1 unspecified atom stereocenters. The number of carbonyl (C=O) groups excluding carboxylic acids is 1. The minimum absolute atomic E-state index is 0.454. The molecular weight excluding hydrogens is 168 g/mol. The number of hydrogen-bond acceptors (Lipinski definition) is 3. The van der Waals surface area contributed by atoms with Crippen molar-refractivity contribution in [3.63, 3.8) is 0 Å². The predicted molar refractivity (Wildman–Crippen MR) is 40.9 cm³/mol. The van der Waals surface area contributed by atoms with E-state index in [1.165, 1.54) is 0 Å². The van der Waals surface area contributed by atoms with E-state index >= 15 is 0 Å². The normalized spacial score (nSPS) is 14.4. The molecule has 0 amide bonds. The van der Waals surface area contributed by atoms with Gasteiger partial charge in [-0.1, -0.05) is 13.3 Å². The van der Waals surface area contributed by atoms with Crippen LogP contribution in [-0.2, 0) is 14.9 Å². The molecule has 66 valence electrons. The third-order valence-corrected chi connectivity index (χ3v) is 2.13. The van der Waals surface area contributed by atoms with Crippen LogP contribution in [-0.4, -0.2) is 25.0 Å². The molecule has 0 aromatic carbocycles. The highest BCUT2D eigenvalue weighted by atomic mass is 32.2. The van der Waals surface area contributed by atoms with Gasteiger partial charge >= 0.3 is 0 Å². The van der Waals surface area contributed by atoms with E-state index in [4.69, 9.17) is 4.55 Å². The summed E-state index contributed by atoms with van der Waals surface area (Å²) in [7, 11) is -3.99. The van der Waals surface area contributed by atoms with Gasteiger partial charge in [-0.25, -0.2) is 0 Å². The van der Waals surface area contributed by atoms with E-state index in [1.807, 2.05) is 6.92 Å². The molecule has 0 aliphatic heterocycles. The second-order valence-corrected chi connectivity index (χ2v) is 3.93. The quantitative estimate of drug-likeness (QED) is 0.493. The maximum Gasteiger partial charge on any atom is 0.265 e. The van der Waals surface area contributed by atoms with Crippen LogP contribution in [0.3, 0.4) is 0 Å². The van der Waals surface area contributed by atoms with E-state index in [-0.39, 0.29) is 0 Å². The lowest BCUT2D eigenvalue weighted by atomic mass is 10.1. The number of rotatable bonds is 5. The Morgan fingerprint density at radius 2 is 2.09 bits per heavy atom. The molecule has 0 saturated carbocycles. The lowest BCUT2D eigenvalue weighted by Gasteiger charge is -2.04. The molecule has 0 aromatic rings. The van der Waals surface area contributed by atoms with Crippen molar-refractivity contribution >= 4 is 16.4 Å². The van der Waals surface area contributed by atoms with Crippen molar-refractivity contribution in [2.45, 2.75) is 19.8 Å². The van der Waals surface area contributed by atoms with Gasteiger partial charge in [0.15, 0.2) is 0 Å². The summed E-state index contributed by atoms with van der Waals surface area (Å²) in [6, 6.07) is 0. The Morgan fingerprint density at radius 3 is 2.36 bits per heavy atom. The molecule has 0 aliphatic rings. The molecule has 0 fully saturated rings. The van der Waals surface area contributed by atoms with Gasteiger partial charge in [-0.3, -0.25) is 4.55 Å². The molecule has 1 N–H and O–H groups in total. The third kappa shape index (κ3) is 6.00. The van der Waals surface area contributed by atoms with Gasteiger partial charge in [-0.2, -0.15) is 8.42 Å². The molecule has 0 aromatic heterocycles. The summed E-state index contributed by atoms with van der Waals surface area (Å²) in [5.41, 5.74) is 0. The van der Waals surface area contributed by atoms with Crippen molar-refractivity contribution < 1.29 is 17.8 Å². The van der Waals surface area contributed by atoms with Crippen LogP contribution in [0.15, 0.2) is 0 Å². The highest BCUT2D eigenvalue weighted by molar-refractivity contribution is 7.85. The van der Waals surface area contributed by atoms with Gasteiger partial charge in [-0.15, -0.1) is 0 Å². The predicted octanol–water partition coefficient (Wildman–Crippen LogP) is 0.489. The fourth-order valence-electron chi connectivity index (χ4n) is 0.832. The highest BCUT2D eigenvalue weighted by Gasteiger charge is 2.14. The van der Waals surface area contributed by atoms with Gasteiger partial charge in [-0.05, 0) is 6.42 Å². The first kappa shape index (κ1) is 10.6. The molecule has 11 heavy (non-hydrogen) atoms. The molecule has 1 atom stereocenters. The van der Waals surface area contributed by atoms with Gasteiger partial charge < -0.3 is 4.79 Å². The Hall–Kier alpha value is -0.420. The smallest absolute Gasteiger partial charge is 0.265 e. The molecule has 0 saturated heterocycles. The fraction of sp³-hybridized carbons (Fsp3) is 0.833. The zero-order chi connectivity index (χ0) is 8.91. The summed E-state index contributed by atoms with van der Waals surface area (Å²) in [6.45, 7) is 1.85. The van der Waals surface area contributed by atoms with Gasteiger partial charge in [0.05, 0.1) is 5.75 Å². The second-order valence-electron chi connectivity index (χ2n) is 2.43. The van der Waals surface area contributed by atoms with Gasteiger partial charge in [0.1, 0.15) is 6.29 Å². The lowest BCUT2D eigenvalue weighted by Crippen LogP contribution is -2.16. The van der Waals surface area contributed by atoms with Crippen LogP contribution in [0.4, 0.5) is 0 Å². The molecule has 0 spiro atoms. The van der Waals surface area contributed by atoms with Gasteiger partial charge in [0.2, 0.25) is 0 Å². The monoisotopic (exact) mass is 180 g/mol. The van der Waals surface area contributed by atoms with E-state index in [0.717, 1.165) is 6.42 Å². The third-order valence-electron chi connectivity index (χ3n) is 1.28. The first-order valence-corrected chi connectivity index (χ1v) is 5.01. The topological polar surface area (TPSA) is 71.4 Å². The Labute approximate surface area is 66.4 Å². The minimum Gasteiger partial charge on any atom is -0.303 e. The van der Waals surface area contributed by atoms with E-state index in [1.54, 1.807) is 0 Å². The maximum absolute atomic E-state index is 10.3. The van der Waals surface area contributed by atoms with Crippen LogP contribution in [0, 0.1) is 5.92 Å². The number of aldehydes is 1. The summed E-state index contributed by atoms with van der Waals surface area (Å²) in [5, 5.41) is 0. The van der Waals surface area contributed by atoms with Crippen molar-refractivity contribution in [3.05, 3.63) is 0 Å². The van der Waals surface area contributed by atoms with E-state index < -0.39 is 21.8 Å². The SMILES string of the molecule is CCCC(C=O)CS(=O)(=O)O. The van der Waals surface area contributed by atoms with Crippen LogP contribution in [0.25, 0.3) is 0 Å². The average Bonchev–Trinajstić information content (AvgIpc) is 1.84. The Kier molecular flexibility index (Phi) is 4.29. The lowest BCUT2D eigenvalue weighted by molar-refractivity contribution is -0.110. The zero-order valence-corrected chi connectivity index (χ0v) is 7.17. The Balaban J connectivity index is 3.98. The fourth-order valence-corrected chi connectivity index (χ4v) is 1.62. The minimum atomic E-state index is -3.99. The van der Waals surface area contributed by atoms with Crippen molar-refractivity contribution in [2.75, 3.05) is 5.75 Å². The molecule has 5 heteroatoms. The van der Waals surface area contributed by atoms with Crippen molar-refractivity contribution in [2.24, 2.45) is 5.92 Å². The zero-order valence-electron chi connectivity index (χ0n) is 6.36. The Morgan fingerprint density at radius 1 is 1.55 bits per heavy atom. The number of hydrogen-bond donors (Lipinski definition) is 1. The van der Waals surface area contributed by atoms with Crippen LogP contribution in [0.2, 0.25) is 0 Å². The first-order chi connectivity index (χ1) is 4.99. The van der Waals surface area contributed by atoms with E-state index in [0.29, 0.717) is 12.7 Å². The molecule has 0 radical (unpaired) electrons. The van der Waals surface area contributed by atoms with Crippen molar-refractivity contribution in [3.8, 4) is 0 Å². The van der Waals surface area contributed by atoms with E-state index in [9.17, 15) is 13.2 Å². The Bertz CT molecular complexity index is 207. The van der Waals surface area contributed by atoms with Crippen LogP contribution >= 0.6 is 0 Å². The summed E-state index contributed by atoms with van der Waals surface area (Å²) >= 11 is 0. The van der Waals surface area contributed by atoms with Crippen molar-refractivity contribution in [1.82, 2.24) is 0 Å². The first-order valence-electron chi connectivity index (χ1n) is 3.40. The summed E-state index contributed by atoms with van der Waals surface area (Å²) in [6.07, 6.45) is 1.81. The van der Waals surface area contributed by atoms with Crippen LogP contribution in [0.1, 0.15) is 19.8 Å². The molecular formula is C6H12O4S. The molecule has 0 rings (SSSR count). The largest absolute Gasteiger partial charge is 0.303 e. The van der Waals surface area contributed by atoms with Crippen molar-refractivity contribution in [1.29, 1.82) is 0 Å². The highest BCUT2D eigenvalue weighted by Crippen LogP contribution is 2.05. The summed E-state index contributed by atoms with van der Waals surface area (Å²) in [4.78, 5) is 10.2. The van der Waals surface area contributed by atoms with E-state index in [2.05, 4.69) is 0 Å². The number of carbonyl (C=O) groups is 1. The summed E-state index contributed by atoms with van der Waals surface area (Å²) in [5.74, 6) is -1.01. The average molecular weight is 180 g/mol. The second kappa shape index (κ2) is 4.46. The molecule has 4 nitrogen and oxygen atoms in total. The standard InChI is InChI=1S/C6H12O4S/c1-2-3-6(4-7)5-11(8,9)10/h4,6H,2-3,5H2,1H3,(H,8,9,10). The van der Waals surface area contributed by atoms with Gasteiger partial charge in [0.25, 0.3) is 10.1 Å².